The molecule has 204 valence electrons. The average molecular weight is 566 g/mol. The van der Waals surface area contributed by atoms with Gasteiger partial charge >= 0.3 is 16.3 Å². The van der Waals surface area contributed by atoms with Crippen molar-refractivity contribution in [3.05, 3.63) is 132 Å². The van der Waals surface area contributed by atoms with Gasteiger partial charge in [0.25, 0.3) is 5.91 Å². The second kappa shape index (κ2) is 10.9. The number of nitrogens with zero attached hydrogens (tertiary/aromatic N) is 1. The van der Waals surface area contributed by atoms with Crippen LogP contribution >= 0.6 is 0 Å². The number of amides is 1. The Kier molecular flexibility index (Phi) is 7.36. The van der Waals surface area contributed by atoms with Crippen LogP contribution in [0.2, 0.25) is 0 Å². The molecule has 0 atom stereocenters. The van der Waals surface area contributed by atoms with Crippen LogP contribution in [0.25, 0.3) is 10.8 Å². The molecule has 10 heteroatoms. The number of benzene rings is 4. The van der Waals surface area contributed by atoms with E-state index in [1.54, 1.807) is 35.2 Å². The Bertz CT molecular complexity index is 1750. The SMILES string of the molecule is O=C(c1ccc2ccccc2c1)N(Cc1ccc(OS(=O)(=O)c2cccc(C(F)(F)F)c2)cc1)Cc1ccco1. The number of carbonyl (C=O) groups excluding carboxylic acids is 1. The monoisotopic (exact) mass is 565 g/mol. The maximum Gasteiger partial charge on any atom is 0.416 e. The van der Waals surface area contributed by atoms with Crippen molar-refractivity contribution in [2.75, 3.05) is 0 Å². The summed E-state index contributed by atoms with van der Waals surface area (Å²) in [5.41, 5.74) is 0.0714. The van der Waals surface area contributed by atoms with Gasteiger partial charge in [0.1, 0.15) is 16.4 Å². The molecule has 40 heavy (non-hydrogen) atoms. The molecule has 4 aromatic carbocycles. The average Bonchev–Trinajstić information content (AvgIpc) is 3.46. The van der Waals surface area contributed by atoms with Crippen molar-refractivity contribution in [3.63, 3.8) is 0 Å². The zero-order valence-electron chi connectivity index (χ0n) is 20.8. The lowest BCUT2D eigenvalue weighted by atomic mass is 10.1. The van der Waals surface area contributed by atoms with Gasteiger partial charge in [-0.2, -0.15) is 21.6 Å². The van der Waals surface area contributed by atoms with Crippen LogP contribution in [0.3, 0.4) is 0 Å². The lowest BCUT2D eigenvalue weighted by molar-refractivity contribution is -0.137. The molecule has 0 fully saturated rings. The molecule has 1 amide bonds. The molecular weight excluding hydrogens is 543 g/mol. The van der Waals surface area contributed by atoms with Gasteiger partial charge < -0.3 is 13.5 Å². The molecular formula is C30H22F3NO5S. The van der Waals surface area contributed by atoms with E-state index in [9.17, 15) is 26.4 Å². The van der Waals surface area contributed by atoms with Crippen LogP contribution in [0.1, 0.15) is 27.2 Å². The largest absolute Gasteiger partial charge is 0.467 e. The summed E-state index contributed by atoms with van der Waals surface area (Å²) in [5, 5.41) is 1.93. The Morgan fingerprint density at radius 3 is 2.25 bits per heavy atom. The molecule has 0 N–H and O–H groups in total. The van der Waals surface area contributed by atoms with Crippen LogP contribution in [-0.4, -0.2) is 19.2 Å². The van der Waals surface area contributed by atoms with E-state index in [0.29, 0.717) is 23.0 Å². The summed E-state index contributed by atoms with van der Waals surface area (Å²) < 4.78 is 74.8. The summed E-state index contributed by atoms with van der Waals surface area (Å²) >= 11 is 0. The Morgan fingerprint density at radius 2 is 1.55 bits per heavy atom. The van der Waals surface area contributed by atoms with Gasteiger partial charge in [-0.05, 0) is 70.9 Å². The smallest absolute Gasteiger partial charge is 0.416 e. The van der Waals surface area contributed by atoms with Gasteiger partial charge in [0.05, 0.1) is 18.4 Å². The van der Waals surface area contributed by atoms with Gasteiger partial charge in [0.15, 0.2) is 0 Å². The van der Waals surface area contributed by atoms with E-state index in [1.165, 1.54) is 18.4 Å². The van der Waals surface area contributed by atoms with E-state index in [4.69, 9.17) is 8.60 Å². The molecule has 0 aliphatic rings. The third-order valence-electron chi connectivity index (χ3n) is 6.16. The minimum atomic E-state index is -4.70. The van der Waals surface area contributed by atoms with Crippen molar-refractivity contribution in [2.45, 2.75) is 24.2 Å². The number of furan rings is 1. The van der Waals surface area contributed by atoms with Crippen molar-refractivity contribution >= 4 is 26.8 Å². The summed E-state index contributed by atoms with van der Waals surface area (Å²) in [4.78, 5) is 14.5. The molecule has 0 radical (unpaired) electrons. The Labute approximate surface area is 228 Å². The van der Waals surface area contributed by atoms with E-state index in [1.807, 2.05) is 36.4 Å². The highest BCUT2D eigenvalue weighted by Gasteiger charge is 2.32. The molecule has 0 aliphatic carbocycles. The molecule has 6 nitrogen and oxygen atoms in total. The molecule has 5 aromatic rings. The summed E-state index contributed by atoms with van der Waals surface area (Å²) in [6, 6.07) is 25.9. The topological polar surface area (TPSA) is 76.8 Å². The summed E-state index contributed by atoms with van der Waals surface area (Å²) in [6.07, 6.45) is -3.18. The highest BCUT2D eigenvalue weighted by atomic mass is 32.2. The Hall–Kier alpha value is -4.57. The fourth-order valence-corrected chi connectivity index (χ4v) is 5.15. The molecule has 1 heterocycles. The van der Waals surface area contributed by atoms with Gasteiger partial charge in [-0.15, -0.1) is 0 Å². The number of hydrogen-bond donors (Lipinski definition) is 0. The van der Waals surface area contributed by atoms with E-state index in [2.05, 4.69) is 0 Å². The van der Waals surface area contributed by atoms with Crippen LogP contribution in [0.5, 0.6) is 5.75 Å². The van der Waals surface area contributed by atoms with Crippen molar-refractivity contribution < 1.29 is 35.0 Å². The number of hydrogen-bond acceptors (Lipinski definition) is 5. The van der Waals surface area contributed by atoms with Crippen LogP contribution in [0.15, 0.2) is 119 Å². The van der Waals surface area contributed by atoms with Gasteiger partial charge in [-0.25, -0.2) is 0 Å². The first-order valence-electron chi connectivity index (χ1n) is 12.1. The second-order valence-corrected chi connectivity index (χ2v) is 10.6. The minimum Gasteiger partial charge on any atom is -0.467 e. The second-order valence-electron chi connectivity index (χ2n) is 9.01. The van der Waals surface area contributed by atoms with Gasteiger partial charge in [0.2, 0.25) is 0 Å². The number of carbonyl (C=O) groups is 1. The molecule has 0 saturated carbocycles. The van der Waals surface area contributed by atoms with Crippen LogP contribution in [-0.2, 0) is 29.4 Å². The number of halogens is 3. The molecule has 0 spiro atoms. The van der Waals surface area contributed by atoms with Crippen LogP contribution in [0.4, 0.5) is 13.2 Å². The predicted molar refractivity (Wildman–Crippen MR) is 142 cm³/mol. The van der Waals surface area contributed by atoms with E-state index in [-0.39, 0.29) is 24.7 Å². The standard InChI is InChI=1S/C30H22F3NO5S/c31-30(32,33)25-7-3-9-28(18-25)40(36,37)39-26-14-10-21(11-15-26)19-34(20-27-8-4-16-38-27)29(35)24-13-12-22-5-1-2-6-23(22)17-24/h1-18H,19-20H2. The fourth-order valence-electron chi connectivity index (χ4n) is 4.17. The number of fused-ring (bicyclic) bond motifs is 1. The summed E-state index contributed by atoms with van der Waals surface area (Å²) in [6.45, 7) is 0.369. The highest BCUT2D eigenvalue weighted by Crippen LogP contribution is 2.31. The molecule has 5 rings (SSSR count). The lowest BCUT2D eigenvalue weighted by Crippen LogP contribution is -2.30. The van der Waals surface area contributed by atoms with E-state index in [0.717, 1.165) is 29.0 Å². The third kappa shape index (κ3) is 6.18. The van der Waals surface area contributed by atoms with E-state index < -0.39 is 26.8 Å². The van der Waals surface area contributed by atoms with Crippen molar-refractivity contribution in [3.8, 4) is 5.75 Å². The first-order chi connectivity index (χ1) is 19.1. The quantitative estimate of drug-likeness (QED) is 0.188. The molecule has 0 unspecified atom stereocenters. The molecule has 0 aliphatic heterocycles. The van der Waals surface area contributed by atoms with Crippen molar-refractivity contribution in [1.29, 1.82) is 0 Å². The number of rotatable bonds is 8. The predicted octanol–water partition coefficient (Wildman–Crippen LogP) is 7.06. The zero-order chi connectivity index (χ0) is 28.3. The molecule has 0 bridgehead atoms. The van der Waals surface area contributed by atoms with Gasteiger partial charge in [-0.3, -0.25) is 4.79 Å². The summed E-state index contributed by atoms with van der Waals surface area (Å²) in [7, 11) is -4.51. The maximum absolute atomic E-state index is 13.5. The van der Waals surface area contributed by atoms with Crippen LogP contribution in [0, 0.1) is 0 Å². The zero-order valence-corrected chi connectivity index (χ0v) is 21.7. The third-order valence-corrected chi connectivity index (χ3v) is 7.41. The minimum absolute atomic E-state index is 0.0837. The lowest BCUT2D eigenvalue weighted by Gasteiger charge is -2.22. The van der Waals surface area contributed by atoms with E-state index >= 15 is 0 Å². The Morgan fingerprint density at radius 1 is 0.800 bits per heavy atom. The van der Waals surface area contributed by atoms with Gasteiger partial charge in [0, 0.05) is 12.1 Å². The van der Waals surface area contributed by atoms with Crippen molar-refractivity contribution in [1.82, 2.24) is 4.90 Å². The fraction of sp³-hybridized carbons (Fsp3) is 0.100. The van der Waals surface area contributed by atoms with Crippen LogP contribution < -0.4 is 4.18 Å². The summed E-state index contributed by atoms with van der Waals surface area (Å²) in [5.74, 6) is 0.274. The molecule has 0 saturated heterocycles. The van der Waals surface area contributed by atoms with Crippen molar-refractivity contribution in [2.24, 2.45) is 0 Å². The highest BCUT2D eigenvalue weighted by molar-refractivity contribution is 7.87. The number of alkyl halides is 3. The first kappa shape index (κ1) is 27.0. The normalized spacial score (nSPS) is 11.9. The maximum atomic E-state index is 13.5. The first-order valence-corrected chi connectivity index (χ1v) is 13.5. The van der Waals surface area contributed by atoms with Gasteiger partial charge in [-0.1, -0.05) is 48.5 Å². The molecule has 1 aromatic heterocycles. The Balaban J connectivity index is 1.35.